The van der Waals surface area contributed by atoms with Crippen LogP contribution in [0.25, 0.3) is 88.0 Å². The van der Waals surface area contributed by atoms with Gasteiger partial charge in [-0.3, -0.25) is 0 Å². The van der Waals surface area contributed by atoms with Gasteiger partial charge in [-0.15, -0.1) is 0 Å². The van der Waals surface area contributed by atoms with Gasteiger partial charge in [0.05, 0.1) is 5.41 Å². The second kappa shape index (κ2) is 10.2. The number of benzene rings is 9. The van der Waals surface area contributed by atoms with Crippen LogP contribution in [0, 0.1) is 0 Å². The van der Waals surface area contributed by atoms with E-state index in [0.717, 1.165) is 16.6 Å². The lowest BCUT2D eigenvalue weighted by Crippen LogP contribution is -2.26. The predicted molar refractivity (Wildman–Crippen MR) is 216 cm³/mol. The lowest BCUT2D eigenvalue weighted by Gasteiger charge is -2.33. The summed E-state index contributed by atoms with van der Waals surface area (Å²) < 4.78 is 6.77. The third kappa shape index (κ3) is 3.52. The summed E-state index contributed by atoms with van der Waals surface area (Å²) in [6, 6.07) is 67.4. The Balaban J connectivity index is 1.29. The van der Waals surface area contributed by atoms with Crippen molar-refractivity contribution in [2.75, 3.05) is 0 Å². The molecule has 0 bridgehead atoms. The highest BCUT2D eigenvalue weighted by atomic mass is 16.3. The molecule has 0 saturated carbocycles. The zero-order valence-electron chi connectivity index (χ0n) is 28.2. The van der Waals surface area contributed by atoms with Crippen molar-refractivity contribution in [3.63, 3.8) is 0 Å². The molecule has 0 radical (unpaired) electrons. The molecule has 1 aromatic heterocycles. The van der Waals surface area contributed by atoms with Gasteiger partial charge in [0.1, 0.15) is 11.2 Å². The number of hydrogen-bond donors (Lipinski definition) is 0. The van der Waals surface area contributed by atoms with Crippen molar-refractivity contribution in [1.29, 1.82) is 0 Å². The van der Waals surface area contributed by atoms with E-state index in [1.807, 2.05) is 0 Å². The summed E-state index contributed by atoms with van der Waals surface area (Å²) in [6.07, 6.45) is 0. The van der Waals surface area contributed by atoms with E-state index >= 15 is 0 Å². The molecular weight excluding hydrogens is 629 g/mol. The Morgan fingerprint density at radius 1 is 0.346 bits per heavy atom. The average molecular weight is 659 g/mol. The molecule has 0 aliphatic heterocycles. The molecule has 0 saturated heterocycles. The molecule has 2 aliphatic rings. The maximum absolute atomic E-state index is 6.77. The monoisotopic (exact) mass is 658 g/mol. The van der Waals surface area contributed by atoms with E-state index in [1.54, 1.807) is 0 Å². The van der Waals surface area contributed by atoms with E-state index in [-0.39, 0.29) is 0 Å². The third-order valence-corrected chi connectivity index (χ3v) is 11.8. The molecule has 52 heavy (non-hydrogen) atoms. The number of hydrogen-bond acceptors (Lipinski definition) is 1. The van der Waals surface area contributed by atoms with Gasteiger partial charge in [0.25, 0.3) is 0 Å². The molecule has 0 atom stereocenters. The molecule has 0 fully saturated rings. The largest absolute Gasteiger partial charge is 0.456 e. The predicted octanol–water partition coefficient (Wildman–Crippen LogP) is 13.6. The van der Waals surface area contributed by atoms with Gasteiger partial charge in [-0.1, -0.05) is 158 Å². The van der Waals surface area contributed by atoms with Gasteiger partial charge < -0.3 is 4.42 Å². The van der Waals surface area contributed by atoms with Crippen LogP contribution >= 0.6 is 0 Å². The fourth-order valence-corrected chi connectivity index (χ4v) is 9.79. The van der Waals surface area contributed by atoms with Crippen LogP contribution in [0.3, 0.4) is 0 Å². The van der Waals surface area contributed by atoms with Crippen molar-refractivity contribution < 1.29 is 4.42 Å². The van der Waals surface area contributed by atoms with Crippen molar-refractivity contribution in [3.8, 4) is 44.5 Å². The van der Waals surface area contributed by atoms with E-state index in [2.05, 4.69) is 182 Å². The van der Waals surface area contributed by atoms with Crippen molar-refractivity contribution >= 4 is 43.5 Å². The minimum atomic E-state index is -0.550. The Labute approximate surface area is 301 Å². The Bertz CT molecular complexity index is 3090. The van der Waals surface area contributed by atoms with Gasteiger partial charge in [-0.2, -0.15) is 0 Å². The molecule has 1 nitrogen and oxygen atoms in total. The van der Waals surface area contributed by atoms with E-state index < -0.39 is 5.41 Å². The highest BCUT2D eigenvalue weighted by Crippen LogP contribution is 2.66. The molecule has 1 heterocycles. The van der Waals surface area contributed by atoms with E-state index in [0.29, 0.717) is 0 Å². The first-order chi connectivity index (χ1) is 25.8. The van der Waals surface area contributed by atoms with Gasteiger partial charge in [0.15, 0.2) is 0 Å². The van der Waals surface area contributed by atoms with Crippen molar-refractivity contribution in [3.05, 3.63) is 204 Å². The number of fused-ring (bicyclic) bond motifs is 15. The minimum absolute atomic E-state index is 0.550. The van der Waals surface area contributed by atoms with Crippen molar-refractivity contribution in [2.45, 2.75) is 5.41 Å². The zero-order chi connectivity index (χ0) is 34.0. The van der Waals surface area contributed by atoms with Crippen LogP contribution in [0.1, 0.15) is 22.3 Å². The van der Waals surface area contributed by atoms with Gasteiger partial charge in [-0.05, 0) is 113 Å². The third-order valence-electron chi connectivity index (χ3n) is 11.8. The highest BCUT2D eigenvalue weighted by Gasteiger charge is 2.53. The van der Waals surface area contributed by atoms with Gasteiger partial charge in [-0.25, -0.2) is 0 Å². The quantitative estimate of drug-likeness (QED) is 0.180. The summed E-state index contributed by atoms with van der Waals surface area (Å²) in [5.74, 6) is 0. The van der Waals surface area contributed by atoms with Gasteiger partial charge in [0.2, 0.25) is 0 Å². The molecule has 10 aromatic rings. The topological polar surface area (TPSA) is 13.1 Å². The Kier molecular flexibility index (Phi) is 5.49. The number of furan rings is 1. The first-order valence-corrected chi connectivity index (χ1v) is 18.1. The smallest absolute Gasteiger partial charge is 0.136 e. The molecule has 240 valence electrons. The van der Waals surface area contributed by atoms with Crippen LogP contribution in [-0.4, -0.2) is 0 Å². The molecule has 0 unspecified atom stereocenters. The summed E-state index contributed by atoms with van der Waals surface area (Å²) in [4.78, 5) is 0. The van der Waals surface area contributed by atoms with Crippen LogP contribution < -0.4 is 0 Å². The van der Waals surface area contributed by atoms with E-state index in [4.69, 9.17) is 4.42 Å². The first kappa shape index (κ1) is 28.0. The second-order valence-corrected chi connectivity index (χ2v) is 14.3. The molecule has 2 aliphatic carbocycles. The van der Waals surface area contributed by atoms with Crippen LogP contribution in [0.2, 0.25) is 0 Å². The van der Waals surface area contributed by atoms with Crippen molar-refractivity contribution in [2.24, 2.45) is 0 Å². The molecule has 9 aromatic carbocycles. The summed E-state index contributed by atoms with van der Waals surface area (Å²) >= 11 is 0. The molecule has 1 spiro atoms. The standard InChI is InChI=1S/C51H30O/c1-2-14-33-28-35(25-24-31(33)12-1)48-49-41-19-7-10-23-46(41)52-47(49)30-42-40-27-26-34(37-20-11-15-32-13-3-4-16-36(32)37)29-45(40)51(50(42)48)43-21-8-5-17-38(43)39-18-6-9-22-44(39)51/h1-30H. The maximum atomic E-state index is 6.77. The summed E-state index contributed by atoms with van der Waals surface area (Å²) in [6.45, 7) is 0. The lowest BCUT2D eigenvalue weighted by molar-refractivity contribution is 0.669. The van der Waals surface area contributed by atoms with Crippen LogP contribution in [0.4, 0.5) is 0 Å². The first-order valence-electron chi connectivity index (χ1n) is 18.1. The molecule has 0 N–H and O–H groups in total. The second-order valence-electron chi connectivity index (χ2n) is 14.3. The summed E-state index contributed by atoms with van der Waals surface area (Å²) in [5, 5.41) is 7.30. The molecule has 1 heteroatoms. The van der Waals surface area contributed by atoms with Crippen LogP contribution in [0.15, 0.2) is 186 Å². The zero-order valence-corrected chi connectivity index (χ0v) is 28.2. The number of rotatable bonds is 2. The van der Waals surface area contributed by atoms with E-state index in [9.17, 15) is 0 Å². The van der Waals surface area contributed by atoms with Crippen LogP contribution in [0.5, 0.6) is 0 Å². The fraction of sp³-hybridized carbons (Fsp3) is 0.0196. The number of para-hydroxylation sites is 1. The fourth-order valence-electron chi connectivity index (χ4n) is 9.79. The van der Waals surface area contributed by atoms with Gasteiger partial charge in [0, 0.05) is 10.8 Å². The molecule has 0 amide bonds. The molecule has 12 rings (SSSR count). The average Bonchev–Trinajstić information content (AvgIpc) is 3.83. The van der Waals surface area contributed by atoms with Crippen molar-refractivity contribution in [1.82, 2.24) is 0 Å². The summed E-state index contributed by atoms with van der Waals surface area (Å²) in [7, 11) is 0. The normalized spacial score (nSPS) is 13.5. The highest BCUT2D eigenvalue weighted by molar-refractivity contribution is 6.18. The Morgan fingerprint density at radius 3 is 1.79 bits per heavy atom. The Morgan fingerprint density at radius 2 is 0.962 bits per heavy atom. The lowest BCUT2D eigenvalue weighted by atomic mass is 9.68. The van der Waals surface area contributed by atoms with Gasteiger partial charge >= 0.3 is 0 Å². The van der Waals surface area contributed by atoms with Crippen LogP contribution in [-0.2, 0) is 5.41 Å². The summed E-state index contributed by atoms with van der Waals surface area (Å²) in [5.41, 5.74) is 16.6. The maximum Gasteiger partial charge on any atom is 0.136 e. The minimum Gasteiger partial charge on any atom is -0.456 e. The Hall–Kier alpha value is -6.70. The molecular formula is C51H30O. The SMILES string of the molecule is c1ccc2c(c1)-c1ccccc1C21c2cc(-c3cccc4ccccc34)ccc2-c2cc3oc4ccccc4c3c(-c3ccc4ccccc4c3)c21. The van der Waals surface area contributed by atoms with E-state index in [1.165, 1.54) is 93.7 Å².